The van der Waals surface area contributed by atoms with Crippen LogP contribution in [0.15, 0.2) is 97.2 Å². The van der Waals surface area contributed by atoms with Crippen molar-refractivity contribution in [3.63, 3.8) is 0 Å². The number of hydrogen-bond donors (Lipinski definition) is 3. The summed E-state index contributed by atoms with van der Waals surface area (Å²) in [6, 6.07) is 28.7. The first-order chi connectivity index (χ1) is 16.6. The fourth-order valence-corrected chi connectivity index (χ4v) is 3.86. The molecule has 7 heteroatoms. The third kappa shape index (κ3) is 4.25. The molecule has 168 valence electrons. The first-order valence-electron chi connectivity index (χ1n) is 10.7. The second-order valence-electron chi connectivity index (χ2n) is 7.83. The maximum atomic E-state index is 11.2. The van der Waals surface area contributed by atoms with Crippen LogP contribution in [0.25, 0.3) is 28.0 Å². The summed E-state index contributed by atoms with van der Waals surface area (Å²) in [7, 11) is 0. The van der Waals surface area contributed by atoms with Crippen LogP contribution in [0, 0.1) is 0 Å². The van der Waals surface area contributed by atoms with Crippen molar-refractivity contribution in [2.24, 2.45) is 5.90 Å². The Morgan fingerprint density at radius 2 is 1.65 bits per heavy atom. The number of nitrogens with zero attached hydrogens (tertiary/aromatic N) is 2. The summed E-state index contributed by atoms with van der Waals surface area (Å²) in [5, 5.41) is 12.6. The van der Waals surface area contributed by atoms with Gasteiger partial charge in [-0.1, -0.05) is 54.6 Å². The highest BCUT2D eigenvalue weighted by Gasteiger charge is 2.16. The standard InChI is InChI=1S/C27H22N4O3/c28-34-17-18-6-8-20(9-7-18)25-26(29-23-12-10-21(11-13-23)27(32)33)31-15-14-22(16-24(31)30-25)19-4-2-1-3-5-19/h1-16,29H,17,28H2,(H,32,33). The summed E-state index contributed by atoms with van der Waals surface area (Å²) in [6.45, 7) is 0.326. The van der Waals surface area contributed by atoms with Crippen molar-refractivity contribution < 1.29 is 14.7 Å². The zero-order valence-corrected chi connectivity index (χ0v) is 18.2. The molecule has 0 spiro atoms. The van der Waals surface area contributed by atoms with E-state index in [1.165, 1.54) is 0 Å². The van der Waals surface area contributed by atoms with Crippen LogP contribution in [0.2, 0.25) is 0 Å². The lowest BCUT2D eigenvalue weighted by Crippen LogP contribution is -2.00. The molecule has 0 aliphatic carbocycles. The molecule has 0 bridgehead atoms. The van der Waals surface area contributed by atoms with Gasteiger partial charge in [-0.05, 0) is 53.1 Å². The van der Waals surface area contributed by atoms with Gasteiger partial charge in [0.25, 0.3) is 0 Å². The molecule has 0 atom stereocenters. The van der Waals surface area contributed by atoms with Crippen molar-refractivity contribution in [3.8, 4) is 22.4 Å². The van der Waals surface area contributed by atoms with E-state index >= 15 is 0 Å². The minimum Gasteiger partial charge on any atom is -0.478 e. The molecule has 5 aromatic rings. The van der Waals surface area contributed by atoms with Crippen molar-refractivity contribution in [1.29, 1.82) is 0 Å². The van der Waals surface area contributed by atoms with Crippen LogP contribution >= 0.6 is 0 Å². The zero-order valence-electron chi connectivity index (χ0n) is 18.2. The van der Waals surface area contributed by atoms with E-state index in [0.29, 0.717) is 6.61 Å². The molecule has 3 aromatic carbocycles. The third-order valence-electron chi connectivity index (χ3n) is 5.61. The number of benzene rings is 3. The molecule has 34 heavy (non-hydrogen) atoms. The van der Waals surface area contributed by atoms with Crippen LogP contribution < -0.4 is 11.2 Å². The Morgan fingerprint density at radius 1 is 0.912 bits per heavy atom. The Labute approximate surface area is 196 Å². The topological polar surface area (TPSA) is 102 Å². The number of nitrogens with one attached hydrogen (secondary N) is 1. The average molecular weight is 450 g/mol. The van der Waals surface area contributed by atoms with Gasteiger partial charge in [-0.15, -0.1) is 0 Å². The van der Waals surface area contributed by atoms with Crippen molar-refractivity contribution >= 4 is 23.1 Å². The molecule has 0 aliphatic rings. The Kier molecular flexibility index (Phi) is 5.78. The van der Waals surface area contributed by atoms with Gasteiger partial charge in [0, 0.05) is 17.4 Å². The first-order valence-corrected chi connectivity index (χ1v) is 10.7. The second kappa shape index (κ2) is 9.19. The van der Waals surface area contributed by atoms with Crippen LogP contribution in [0.1, 0.15) is 15.9 Å². The molecule has 2 heterocycles. The summed E-state index contributed by atoms with van der Waals surface area (Å²) < 4.78 is 1.99. The predicted octanol–water partition coefficient (Wildman–Crippen LogP) is 5.50. The van der Waals surface area contributed by atoms with Crippen molar-refractivity contribution in [3.05, 3.63) is 108 Å². The number of carboxylic acid groups (broad SMARTS) is 1. The summed E-state index contributed by atoms with van der Waals surface area (Å²) in [5.41, 5.74) is 6.61. The maximum absolute atomic E-state index is 11.2. The molecule has 2 aromatic heterocycles. The minimum atomic E-state index is -0.961. The average Bonchev–Trinajstić information content (AvgIpc) is 3.23. The van der Waals surface area contributed by atoms with E-state index in [2.05, 4.69) is 17.4 Å². The molecule has 0 saturated heterocycles. The largest absolute Gasteiger partial charge is 0.478 e. The Balaban J connectivity index is 1.60. The number of fused-ring (bicyclic) bond motifs is 1. The van der Waals surface area contributed by atoms with E-state index in [4.69, 9.17) is 15.7 Å². The third-order valence-corrected chi connectivity index (χ3v) is 5.61. The van der Waals surface area contributed by atoms with Crippen molar-refractivity contribution in [1.82, 2.24) is 9.38 Å². The monoisotopic (exact) mass is 450 g/mol. The second-order valence-corrected chi connectivity index (χ2v) is 7.83. The number of anilines is 2. The van der Waals surface area contributed by atoms with Gasteiger partial charge >= 0.3 is 5.97 Å². The summed E-state index contributed by atoms with van der Waals surface area (Å²) in [4.78, 5) is 20.9. The molecule has 0 radical (unpaired) electrons. The Hall–Kier alpha value is -4.46. The fraction of sp³-hybridized carbons (Fsp3) is 0.0370. The molecular weight excluding hydrogens is 428 g/mol. The van der Waals surface area contributed by atoms with Crippen molar-refractivity contribution in [2.45, 2.75) is 6.61 Å². The number of pyridine rings is 1. The molecule has 0 amide bonds. The summed E-state index contributed by atoms with van der Waals surface area (Å²) >= 11 is 0. The Morgan fingerprint density at radius 3 is 2.32 bits per heavy atom. The number of imidazole rings is 1. The predicted molar refractivity (Wildman–Crippen MR) is 132 cm³/mol. The molecule has 5 rings (SSSR count). The van der Waals surface area contributed by atoms with E-state index in [9.17, 15) is 9.90 Å². The van der Waals surface area contributed by atoms with Gasteiger partial charge in [-0.25, -0.2) is 15.7 Å². The van der Waals surface area contributed by atoms with E-state index in [1.807, 2.05) is 65.2 Å². The maximum Gasteiger partial charge on any atom is 0.335 e. The molecule has 0 unspecified atom stereocenters. The van der Waals surface area contributed by atoms with Crippen LogP contribution in [0.5, 0.6) is 0 Å². The van der Waals surface area contributed by atoms with Crippen LogP contribution in [-0.4, -0.2) is 20.5 Å². The highest BCUT2D eigenvalue weighted by Crippen LogP contribution is 2.33. The lowest BCUT2D eigenvalue weighted by Gasteiger charge is -2.10. The molecule has 7 nitrogen and oxygen atoms in total. The van der Waals surface area contributed by atoms with E-state index in [-0.39, 0.29) is 5.56 Å². The van der Waals surface area contributed by atoms with Gasteiger partial charge in [0.15, 0.2) is 0 Å². The summed E-state index contributed by atoms with van der Waals surface area (Å²) in [5.74, 6) is 5.02. The zero-order chi connectivity index (χ0) is 23.5. The van der Waals surface area contributed by atoms with Crippen LogP contribution in [0.3, 0.4) is 0 Å². The lowest BCUT2D eigenvalue weighted by atomic mass is 10.1. The van der Waals surface area contributed by atoms with E-state index in [0.717, 1.165) is 45.1 Å². The molecular formula is C27H22N4O3. The highest BCUT2D eigenvalue weighted by molar-refractivity contribution is 5.88. The SMILES string of the molecule is NOCc1ccc(-c2nc3cc(-c4ccccc4)ccn3c2Nc2ccc(C(=O)O)cc2)cc1. The van der Waals surface area contributed by atoms with Gasteiger partial charge in [0.05, 0.1) is 12.2 Å². The summed E-state index contributed by atoms with van der Waals surface area (Å²) in [6.07, 6.45) is 1.98. The number of nitrogens with two attached hydrogens (primary N) is 1. The smallest absolute Gasteiger partial charge is 0.335 e. The number of aromatic carboxylic acids is 1. The molecule has 0 aliphatic heterocycles. The van der Waals surface area contributed by atoms with Crippen LogP contribution in [-0.2, 0) is 11.4 Å². The lowest BCUT2D eigenvalue weighted by molar-refractivity contribution is 0.0697. The van der Waals surface area contributed by atoms with Gasteiger partial charge in [-0.3, -0.25) is 9.24 Å². The van der Waals surface area contributed by atoms with E-state index < -0.39 is 5.97 Å². The van der Waals surface area contributed by atoms with Gasteiger partial charge < -0.3 is 10.4 Å². The highest BCUT2D eigenvalue weighted by atomic mass is 16.6. The van der Waals surface area contributed by atoms with E-state index in [1.54, 1.807) is 24.3 Å². The van der Waals surface area contributed by atoms with Crippen LogP contribution in [0.4, 0.5) is 11.5 Å². The number of aromatic nitrogens is 2. The number of hydrogen-bond acceptors (Lipinski definition) is 5. The fourth-order valence-electron chi connectivity index (χ4n) is 3.86. The molecule has 0 fully saturated rings. The Bertz CT molecular complexity index is 1440. The van der Waals surface area contributed by atoms with Gasteiger partial charge in [0.2, 0.25) is 0 Å². The number of carboxylic acids is 1. The normalized spacial score (nSPS) is 11.0. The number of carbonyl (C=O) groups is 1. The molecule has 0 saturated carbocycles. The first kappa shape index (κ1) is 21.4. The molecule has 4 N–H and O–H groups in total. The van der Waals surface area contributed by atoms with Crippen molar-refractivity contribution in [2.75, 3.05) is 5.32 Å². The van der Waals surface area contributed by atoms with Gasteiger partial charge in [-0.2, -0.15) is 0 Å². The quantitative estimate of drug-likeness (QED) is 0.283. The van der Waals surface area contributed by atoms with Gasteiger partial charge in [0.1, 0.15) is 17.2 Å². The minimum absolute atomic E-state index is 0.231. The number of rotatable bonds is 7.